The third-order valence-electron chi connectivity index (χ3n) is 3.97. The smallest absolute Gasteiger partial charge is 0.107 e. The number of aromatic amines is 2. The highest BCUT2D eigenvalue weighted by Gasteiger charge is 2.06. The molecule has 4 nitrogen and oxygen atoms in total. The van der Waals surface area contributed by atoms with Crippen molar-refractivity contribution in [1.29, 1.82) is 0 Å². The number of benzene rings is 2. The van der Waals surface area contributed by atoms with Crippen molar-refractivity contribution in [3.8, 4) is 0 Å². The van der Waals surface area contributed by atoms with Crippen LogP contribution in [-0.4, -0.2) is 19.9 Å². The molecule has 0 amide bonds. The first-order valence-corrected chi connectivity index (χ1v) is 7.58. The fourth-order valence-corrected chi connectivity index (χ4v) is 2.83. The maximum absolute atomic E-state index is 4.64. The first-order chi connectivity index (χ1) is 10.7. The predicted molar refractivity (Wildman–Crippen MR) is 89.1 cm³/mol. The number of hydrogen-bond acceptors (Lipinski definition) is 2. The van der Waals surface area contributed by atoms with Crippen molar-refractivity contribution in [2.45, 2.75) is 26.7 Å². The molecule has 0 spiro atoms. The Bertz CT molecular complexity index is 888. The molecule has 0 aliphatic rings. The first kappa shape index (κ1) is 15.6. The molecule has 4 aromatic rings. The van der Waals surface area contributed by atoms with Crippen LogP contribution >= 0.6 is 0 Å². The summed E-state index contributed by atoms with van der Waals surface area (Å²) in [5.41, 5.74) is 6.76. The maximum Gasteiger partial charge on any atom is 0.107 e. The predicted octanol–water partition coefficient (Wildman–Crippen LogP) is 0.845. The fourth-order valence-electron chi connectivity index (χ4n) is 2.83. The molecule has 118 valence electrons. The van der Waals surface area contributed by atoms with E-state index in [1.807, 2.05) is 0 Å². The van der Waals surface area contributed by atoms with E-state index in [-0.39, 0.29) is 12.4 Å². The highest BCUT2D eigenvalue weighted by Crippen LogP contribution is 2.16. The molecule has 0 radical (unpaired) electrons. The first-order valence-electron chi connectivity index (χ1n) is 7.58. The number of rotatable bonds is 3. The fraction of sp³-hybridized carbons (Fsp3) is 0.222. The van der Waals surface area contributed by atoms with Crippen LogP contribution in [0.15, 0.2) is 36.4 Å². The van der Waals surface area contributed by atoms with Gasteiger partial charge in [-0.15, -0.1) is 0 Å². The number of aromatic nitrogens is 4. The lowest BCUT2D eigenvalue weighted by Gasteiger charge is -1.93. The van der Waals surface area contributed by atoms with E-state index in [0.29, 0.717) is 0 Å². The zero-order valence-electron chi connectivity index (χ0n) is 13.2. The van der Waals surface area contributed by atoms with E-state index >= 15 is 0 Å². The van der Waals surface area contributed by atoms with Gasteiger partial charge in [0.2, 0.25) is 0 Å². The van der Waals surface area contributed by atoms with Gasteiger partial charge in [-0.3, -0.25) is 0 Å². The largest absolute Gasteiger partial charge is 1.00 e. The van der Waals surface area contributed by atoms with Crippen molar-refractivity contribution >= 4 is 22.1 Å². The van der Waals surface area contributed by atoms with Gasteiger partial charge in [-0.05, 0) is 49.2 Å². The van der Waals surface area contributed by atoms with Gasteiger partial charge in [0.1, 0.15) is 11.6 Å². The quantitative estimate of drug-likeness (QED) is 0.586. The summed E-state index contributed by atoms with van der Waals surface area (Å²) in [5.74, 6) is 2.02. The van der Waals surface area contributed by atoms with Crippen molar-refractivity contribution < 1.29 is 12.4 Å². The molecule has 4 rings (SSSR count). The summed E-state index contributed by atoms with van der Waals surface area (Å²) >= 11 is 0. The van der Waals surface area contributed by atoms with Crippen molar-refractivity contribution in [2.24, 2.45) is 0 Å². The van der Waals surface area contributed by atoms with E-state index in [4.69, 9.17) is 0 Å². The van der Waals surface area contributed by atoms with Gasteiger partial charge in [-0.2, -0.15) is 0 Å². The van der Waals surface area contributed by atoms with Crippen LogP contribution in [0.2, 0.25) is 0 Å². The summed E-state index contributed by atoms with van der Waals surface area (Å²) in [6.07, 6.45) is 1.71. The zero-order valence-corrected chi connectivity index (χ0v) is 13.9. The number of fused-ring (bicyclic) bond motifs is 2. The second-order valence-electron chi connectivity index (χ2n) is 5.91. The van der Waals surface area contributed by atoms with Gasteiger partial charge in [-0.25, -0.2) is 9.97 Å². The number of H-pyrrole nitrogens is 2. The molecule has 23 heavy (non-hydrogen) atoms. The number of imidazole rings is 2. The number of aryl methyl sites for hydroxylation is 4. The molecular formula is C18H18ClN4-. The Hall–Kier alpha value is -2.33. The molecule has 5 heteroatoms. The third-order valence-corrected chi connectivity index (χ3v) is 3.97. The normalized spacial score (nSPS) is 11.0. The van der Waals surface area contributed by atoms with Gasteiger partial charge >= 0.3 is 0 Å². The summed E-state index contributed by atoms with van der Waals surface area (Å²) in [7, 11) is 0. The van der Waals surface area contributed by atoms with Gasteiger partial charge in [0.05, 0.1) is 22.1 Å². The van der Waals surface area contributed by atoms with Crippen LogP contribution in [0.5, 0.6) is 0 Å². The van der Waals surface area contributed by atoms with Crippen LogP contribution in [0.1, 0.15) is 22.8 Å². The molecule has 0 unspecified atom stereocenters. The topological polar surface area (TPSA) is 57.4 Å². The summed E-state index contributed by atoms with van der Waals surface area (Å²) in [5, 5.41) is 0. The van der Waals surface area contributed by atoms with Gasteiger partial charge in [0.15, 0.2) is 0 Å². The van der Waals surface area contributed by atoms with E-state index in [1.54, 1.807) is 0 Å². The summed E-state index contributed by atoms with van der Waals surface area (Å²) in [4.78, 5) is 16.1. The van der Waals surface area contributed by atoms with E-state index in [2.05, 4.69) is 70.2 Å². The Morgan fingerprint density at radius 2 is 1.17 bits per heavy atom. The standard InChI is InChI=1S/C18H18N4.ClH/c1-11-3-5-13-15(9-11)21-17(19-13)7-8-18-20-14-6-4-12(2)10-16(14)22-18;/h3-6,9-10H,7-8H2,1-2H3,(H,19,21)(H,20,22);1H/p-1. The molecule has 0 saturated heterocycles. The molecule has 0 bridgehead atoms. The van der Waals surface area contributed by atoms with Gasteiger partial charge in [0.25, 0.3) is 0 Å². The molecule has 0 fully saturated rings. The lowest BCUT2D eigenvalue weighted by Crippen LogP contribution is -3.00. The number of hydrogen-bond donors (Lipinski definition) is 2. The Labute approximate surface area is 140 Å². The molecular weight excluding hydrogens is 308 g/mol. The second-order valence-corrected chi connectivity index (χ2v) is 5.91. The van der Waals surface area contributed by atoms with Crippen molar-refractivity contribution in [3.63, 3.8) is 0 Å². The molecule has 0 aliphatic heterocycles. The van der Waals surface area contributed by atoms with Crippen LogP contribution < -0.4 is 12.4 Å². The van der Waals surface area contributed by atoms with Crippen LogP contribution in [-0.2, 0) is 12.8 Å². The van der Waals surface area contributed by atoms with Crippen molar-refractivity contribution in [1.82, 2.24) is 19.9 Å². The SMILES string of the molecule is Cc1ccc2nc(CCc3nc4ccc(C)cc4[nH]3)[nH]c2c1.[Cl-]. The molecule has 2 N–H and O–H groups in total. The minimum absolute atomic E-state index is 0. The minimum atomic E-state index is 0. The highest BCUT2D eigenvalue weighted by molar-refractivity contribution is 5.76. The van der Waals surface area contributed by atoms with E-state index in [1.165, 1.54) is 11.1 Å². The minimum Gasteiger partial charge on any atom is -1.00 e. The molecule has 0 atom stereocenters. The van der Waals surface area contributed by atoms with Crippen molar-refractivity contribution in [3.05, 3.63) is 59.2 Å². The summed E-state index contributed by atoms with van der Waals surface area (Å²) in [6, 6.07) is 12.6. The van der Waals surface area contributed by atoms with Gasteiger partial charge in [-0.1, -0.05) is 12.1 Å². The van der Waals surface area contributed by atoms with Gasteiger partial charge < -0.3 is 22.4 Å². The average molecular weight is 326 g/mol. The number of halogens is 1. The number of nitrogens with zero attached hydrogens (tertiary/aromatic N) is 2. The Kier molecular flexibility index (Phi) is 4.09. The Morgan fingerprint density at radius 3 is 1.61 bits per heavy atom. The molecule has 2 heterocycles. The van der Waals surface area contributed by atoms with Crippen LogP contribution in [0.3, 0.4) is 0 Å². The molecule has 0 aliphatic carbocycles. The highest BCUT2D eigenvalue weighted by atomic mass is 35.5. The monoisotopic (exact) mass is 325 g/mol. The van der Waals surface area contributed by atoms with E-state index in [9.17, 15) is 0 Å². The summed E-state index contributed by atoms with van der Waals surface area (Å²) < 4.78 is 0. The van der Waals surface area contributed by atoms with E-state index < -0.39 is 0 Å². The van der Waals surface area contributed by atoms with Crippen LogP contribution in [0, 0.1) is 13.8 Å². The number of nitrogens with one attached hydrogen (secondary N) is 2. The molecule has 0 saturated carbocycles. The third kappa shape index (κ3) is 3.08. The molecule has 2 aromatic carbocycles. The van der Waals surface area contributed by atoms with Crippen LogP contribution in [0.4, 0.5) is 0 Å². The lowest BCUT2D eigenvalue weighted by molar-refractivity contribution is -0.00000490. The van der Waals surface area contributed by atoms with Gasteiger partial charge in [0, 0.05) is 12.8 Å². The summed E-state index contributed by atoms with van der Waals surface area (Å²) in [6.45, 7) is 4.19. The molecule has 2 aromatic heterocycles. The van der Waals surface area contributed by atoms with Crippen molar-refractivity contribution in [2.75, 3.05) is 0 Å². The maximum atomic E-state index is 4.64. The zero-order chi connectivity index (χ0) is 15.1. The average Bonchev–Trinajstić information content (AvgIpc) is 3.07. The Balaban J connectivity index is 0.00000156. The van der Waals surface area contributed by atoms with E-state index in [0.717, 1.165) is 46.6 Å². The second kappa shape index (κ2) is 6.05. The lowest BCUT2D eigenvalue weighted by atomic mass is 10.2. The Morgan fingerprint density at radius 1 is 0.739 bits per heavy atom. The van der Waals surface area contributed by atoms with Crippen LogP contribution in [0.25, 0.3) is 22.1 Å².